The molecule has 6 nitrogen and oxygen atoms in total. The third kappa shape index (κ3) is 5.57. The van der Waals surface area contributed by atoms with Crippen LogP contribution in [0.3, 0.4) is 0 Å². The molecule has 0 aliphatic carbocycles. The predicted octanol–water partition coefficient (Wildman–Crippen LogP) is 2.51. The van der Waals surface area contributed by atoms with Gasteiger partial charge in [0.15, 0.2) is 0 Å². The monoisotopic (exact) mass is 373 g/mol. The summed E-state index contributed by atoms with van der Waals surface area (Å²) in [5.74, 6) is 0.111. The van der Waals surface area contributed by atoms with Crippen molar-refractivity contribution < 1.29 is 14.3 Å². The molecule has 3 amide bonds. The molecule has 0 unspecified atom stereocenters. The number of urea groups is 1. The summed E-state index contributed by atoms with van der Waals surface area (Å²) in [6.07, 6.45) is 1.20. The molecule has 0 spiro atoms. The van der Waals surface area contributed by atoms with Crippen molar-refractivity contribution in [2.75, 3.05) is 38.2 Å². The lowest BCUT2D eigenvalue weighted by molar-refractivity contribution is -0.134. The Labute approximate surface area is 157 Å². The van der Waals surface area contributed by atoms with Gasteiger partial charge in [0.2, 0.25) is 5.91 Å². The number of morpholine rings is 1. The summed E-state index contributed by atoms with van der Waals surface area (Å²) in [6.45, 7) is 3.12. The Hall–Kier alpha value is -2.38. The predicted molar refractivity (Wildman–Crippen MR) is 103 cm³/mol. The van der Waals surface area contributed by atoms with Gasteiger partial charge in [-0.15, -0.1) is 11.3 Å². The van der Waals surface area contributed by atoms with Gasteiger partial charge in [-0.2, -0.15) is 0 Å². The zero-order chi connectivity index (χ0) is 18.2. The first-order valence-corrected chi connectivity index (χ1v) is 9.60. The van der Waals surface area contributed by atoms with E-state index in [1.165, 1.54) is 4.88 Å². The first-order chi connectivity index (χ1) is 12.7. The molecule has 0 saturated carbocycles. The summed E-state index contributed by atoms with van der Waals surface area (Å²) in [5.41, 5.74) is 1.64. The molecule has 1 fully saturated rings. The lowest BCUT2D eigenvalue weighted by atomic mass is 10.1. The zero-order valence-corrected chi connectivity index (χ0v) is 15.4. The van der Waals surface area contributed by atoms with E-state index in [2.05, 4.69) is 16.7 Å². The summed E-state index contributed by atoms with van der Waals surface area (Å²) in [4.78, 5) is 27.2. The van der Waals surface area contributed by atoms with Gasteiger partial charge in [-0.1, -0.05) is 18.2 Å². The third-order valence-electron chi connectivity index (χ3n) is 4.17. The maximum absolute atomic E-state index is 12.2. The molecule has 1 aliphatic heterocycles. The molecule has 1 aromatic carbocycles. The number of carbonyl (C=O) groups is 2. The Balaban J connectivity index is 1.41. The molecule has 7 heteroatoms. The molecule has 26 heavy (non-hydrogen) atoms. The minimum absolute atomic E-state index is 0.111. The van der Waals surface area contributed by atoms with Gasteiger partial charge in [0, 0.05) is 30.2 Å². The number of nitrogens with one attached hydrogen (secondary N) is 2. The van der Waals surface area contributed by atoms with Crippen LogP contribution in [-0.2, 0) is 22.4 Å². The van der Waals surface area contributed by atoms with Gasteiger partial charge in [-0.25, -0.2) is 4.79 Å². The van der Waals surface area contributed by atoms with Gasteiger partial charge in [0.25, 0.3) is 0 Å². The average Bonchev–Trinajstić information content (AvgIpc) is 3.17. The summed E-state index contributed by atoms with van der Waals surface area (Å²) in [5, 5.41) is 7.68. The van der Waals surface area contributed by atoms with Gasteiger partial charge in [0.1, 0.15) is 0 Å². The Kier molecular flexibility index (Phi) is 6.62. The number of benzene rings is 1. The van der Waals surface area contributed by atoms with Crippen LogP contribution in [0, 0.1) is 0 Å². The highest BCUT2D eigenvalue weighted by Crippen LogP contribution is 2.12. The smallest absolute Gasteiger partial charge is 0.319 e. The lowest BCUT2D eigenvalue weighted by Gasteiger charge is -2.26. The van der Waals surface area contributed by atoms with Crippen LogP contribution in [0.15, 0.2) is 41.8 Å². The minimum atomic E-state index is -0.223. The van der Waals surface area contributed by atoms with Crippen molar-refractivity contribution in [2.45, 2.75) is 12.8 Å². The number of nitrogens with zero attached hydrogens (tertiary/aromatic N) is 1. The van der Waals surface area contributed by atoms with Gasteiger partial charge in [0.05, 0.1) is 19.6 Å². The fraction of sp³-hybridized carbons (Fsp3) is 0.368. The Morgan fingerprint density at radius 2 is 1.88 bits per heavy atom. The standard InChI is InChI=1S/C19H23N3O3S/c23-18(22-9-11-25-12-10-22)14-15-3-5-16(6-4-15)21-19(24)20-8-7-17-2-1-13-26-17/h1-6,13H,7-12,14H2,(H2,20,21,24). The maximum Gasteiger partial charge on any atom is 0.319 e. The van der Waals surface area contributed by atoms with Crippen molar-refractivity contribution in [3.63, 3.8) is 0 Å². The van der Waals surface area contributed by atoms with E-state index in [1.807, 2.05) is 40.6 Å². The number of carbonyl (C=O) groups excluding carboxylic acids is 2. The highest BCUT2D eigenvalue weighted by atomic mass is 32.1. The van der Waals surface area contributed by atoms with E-state index in [9.17, 15) is 9.59 Å². The van der Waals surface area contributed by atoms with Crippen LogP contribution in [0.4, 0.5) is 10.5 Å². The molecule has 0 bridgehead atoms. The second-order valence-corrected chi connectivity index (χ2v) is 7.11. The molecule has 2 heterocycles. The van der Waals surface area contributed by atoms with Gasteiger partial charge in [-0.3, -0.25) is 4.79 Å². The van der Waals surface area contributed by atoms with Crippen molar-refractivity contribution >= 4 is 29.0 Å². The van der Waals surface area contributed by atoms with Gasteiger partial charge in [-0.05, 0) is 35.6 Å². The van der Waals surface area contributed by atoms with Crippen LogP contribution in [0.1, 0.15) is 10.4 Å². The van der Waals surface area contributed by atoms with E-state index >= 15 is 0 Å². The quantitative estimate of drug-likeness (QED) is 0.817. The number of rotatable bonds is 6. The summed E-state index contributed by atoms with van der Waals surface area (Å²) >= 11 is 1.69. The topological polar surface area (TPSA) is 70.7 Å². The molecule has 1 aromatic heterocycles. The highest BCUT2D eigenvalue weighted by molar-refractivity contribution is 7.09. The molecule has 138 valence electrons. The molecular formula is C19H23N3O3S. The van der Waals surface area contributed by atoms with Crippen molar-refractivity contribution in [3.05, 3.63) is 52.2 Å². The van der Waals surface area contributed by atoms with Crippen molar-refractivity contribution in [3.8, 4) is 0 Å². The van der Waals surface area contributed by atoms with Crippen LogP contribution in [0.25, 0.3) is 0 Å². The molecule has 3 rings (SSSR count). The second-order valence-electron chi connectivity index (χ2n) is 6.08. The number of hydrogen-bond donors (Lipinski definition) is 2. The van der Waals surface area contributed by atoms with Crippen molar-refractivity contribution in [1.29, 1.82) is 0 Å². The Morgan fingerprint density at radius 1 is 1.12 bits per heavy atom. The van der Waals surface area contributed by atoms with Crippen LogP contribution < -0.4 is 10.6 Å². The minimum Gasteiger partial charge on any atom is -0.378 e. The van der Waals surface area contributed by atoms with E-state index in [1.54, 1.807) is 11.3 Å². The van der Waals surface area contributed by atoms with E-state index in [0.29, 0.717) is 45.0 Å². The van der Waals surface area contributed by atoms with Gasteiger partial charge < -0.3 is 20.3 Å². The summed E-state index contributed by atoms with van der Waals surface area (Å²) in [6, 6.07) is 11.2. The highest BCUT2D eigenvalue weighted by Gasteiger charge is 2.16. The van der Waals surface area contributed by atoms with E-state index in [-0.39, 0.29) is 11.9 Å². The second kappa shape index (κ2) is 9.35. The fourth-order valence-electron chi connectivity index (χ4n) is 2.73. The SMILES string of the molecule is O=C(NCCc1cccs1)Nc1ccc(CC(=O)N2CCOCC2)cc1. The van der Waals surface area contributed by atoms with Crippen molar-refractivity contribution in [1.82, 2.24) is 10.2 Å². The van der Waals surface area contributed by atoms with Crippen LogP contribution >= 0.6 is 11.3 Å². The number of ether oxygens (including phenoxy) is 1. The lowest BCUT2D eigenvalue weighted by Crippen LogP contribution is -2.41. The number of anilines is 1. The molecule has 2 aromatic rings. The van der Waals surface area contributed by atoms with Crippen LogP contribution in [0.5, 0.6) is 0 Å². The number of hydrogen-bond acceptors (Lipinski definition) is 4. The van der Waals surface area contributed by atoms with E-state index < -0.39 is 0 Å². The van der Waals surface area contributed by atoms with Gasteiger partial charge >= 0.3 is 6.03 Å². The first kappa shape index (κ1) is 18.4. The maximum atomic E-state index is 12.2. The number of amides is 3. The van der Waals surface area contributed by atoms with Crippen LogP contribution in [-0.4, -0.2) is 49.7 Å². The third-order valence-corrected chi connectivity index (χ3v) is 5.10. The zero-order valence-electron chi connectivity index (χ0n) is 14.6. The normalized spacial score (nSPS) is 14.1. The Bertz CT molecular complexity index is 710. The first-order valence-electron chi connectivity index (χ1n) is 8.72. The molecule has 1 aliphatic rings. The molecular weight excluding hydrogens is 350 g/mol. The van der Waals surface area contributed by atoms with Crippen LogP contribution in [0.2, 0.25) is 0 Å². The largest absolute Gasteiger partial charge is 0.378 e. The fourth-order valence-corrected chi connectivity index (χ4v) is 3.44. The summed E-state index contributed by atoms with van der Waals surface area (Å²) in [7, 11) is 0. The molecule has 0 atom stereocenters. The summed E-state index contributed by atoms with van der Waals surface area (Å²) < 4.78 is 5.26. The molecule has 1 saturated heterocycles. The van der Waals surface area contributed by atoms with E-state index in [4.69, 9.17) is 4.74 Å². The number of thiophene rings is 1. The van der Waals surface area contributed by atoms with E-state index in [0.717, 1.165) is 12.0 Å². The van der Waals surface area contributed by atoms with Crippen molar-refractivity contribution in [2.24, 2.45) is 0 Å². The Morgan fingerprint density at radius 3 is 2.58 bits per heavy atom. The average molecular weight is 373 g/mol. The molecule has 0 radical (unpaired) electrons. The molecule has 2 N–H and O–H groups in total.